The average Bonchev–Trinajstić information content (AvgIpc) is 3.63. The van der Waals surface area contributed by atoms with Crippen LogP contribution in [0.4, 0.5) is 0 Å². The summed E-state index contributed by atoms with van der Waals surface area (Å²) in [7, 11) is 0. The lowest BCUT2D eigenvalue weighted by Crippen LogP contribution is -2.45. The molecule has 0 aromatic heterocycles. The first kappa shape index (κ1) is 32.2. The first-order valence-corrected chi connectivity index (χ1v) is 16.7. The molecule has 2 saturated carbocycles. The molecule has 2 saturated heterocycles. The Balaban J connectivity index is 1.74. The zero-order chi connectivity index (χ0) is 29.7. The second-order valence-corrected chi connectivity index (χ2v) is 13.1. The number of aliphatic hydroxyl groups is 1. The van der Waals surface area contributed by atoms with Gasteiger partial charge in [0, 0.05) is 47.3 Å². The Bertz CT molecular complexity index is 1060. The maximum absolute atomic E-state index is 13.4. The Labute approximate surface area is 254 Å². The minimum absolute atomic E-state index is 0.0251. The molecule has 2 heterocycles. The Kier molecular flexibility index (Phi) is 11.1. The molecule has 3 N–H and O–H groups in total. The molecule has 41 heavy (non-hydrogen) atoms. The van der Waals surface area contributed by atoms with Gasteiger partial charge in [-0.15, -0.1) is 0 Å². The molecule has 4 rings (SSSR count). The third kappa shape index (κ3) is 6.61. The Morgan fingerprint density at radius 3 is 2.68 bits per heavy atom. The number of carbonyl (C=O) groups excluding carboxylic acids is 1. The highest BCUT2D eigenvalue weighted by Crippen LogP contribution is 2.68. The van der Waals surface area contributed by atoms with Crippen molar-refractivity contribution in [1.29, 1.82) is 0 Å². The highest BCUT2D eigenvalue weighted by atomic mass is 79.9. The van der Waals surface area contributed by atoms with Gasteiger partial charge in [-0.2, -0.15) is 0 Å². The van der Waals surface area contributed by atoms with Gasteiger partial charge in [0.15, 0.2) is 0 Å². The molecule has 2 aliphatic heterocycles. The van der Waals surface area contributed by atoms with E-state index in [4.69, 9.17) is 4.74 Å². The summed E-state index contributed by atoms with van der Waals surface area (Å²) in [5.41, 5.74) is 2.67. The Hall–Kier alpha value is -1.74. The minimum Gasteiger partial charge on any atom is -0.481 e. The van der Waals surface area contributed by atoms with Gasteiger partial charge in [0.1, 0.15) is 6.23 Å². The fourth-order valence-electron chi connectivity index (χ4n) is 7.77. The van der Waals surface area contributed by atoms with Crippen molar-refractivity contribution in [2.75, 3.05) is 31.6 Å². The fraction of sp³-hybridized carbons (Fsp3) is 0.697. The molecule has 4 fully saturated rings. The molecular weight excluding hydrogens is 584 g/mol. The van der Waals surface area contributed by atoms with Gasteiger partial charge in [0.2, 0.25) is 0 Å². The number of aliphatic carboxylic acids is 1. The van der Waals surface area contributed by atoms with Crippen LogP contribution in [0.1, 0.15) is 65.7 Å². The number of rotatable bonds is 14. The van der Waals surface area contributed by atoms with E-state index in [-0.39, 0.29) is 41.1 Å². The lowest BCUT2D eigenvalue weighted by Gasteiger charge is -2.38. The summed E-state index contributed by atoms with van der Waals surface area (Å²) in [6.45, 7) is 12.8. The number of carbonyl (C=O) groups is 2. The van der Waals surface area contributed by atoms with Crippen LogP contribution in [0.2, 0.25) is 0 Å². The lowest BCUT2D eigenvalue weighted by molar-refractivity contribution is -0.147. The largest absolute Gasteiger partial charge is 0.481 e. The molecule has 0 radical (unpaired) electrons. The van der Waals surface area contributed by atoms with Gasteiger partial charge in [-0.05, 0) is 75.0 Å². The number of esters is 1. The summed E-state index contributed by atoms with van der Waals surface area (Å²) in [5.74, 6) is -0.467. The van der Waals surface area contributed by atoms with Crippen molar-refractivity contribution in [3.63, 3.8) is 0 Å². The van der Waals surface area contributed by atoms with E-state index in [9.17, 15) is 19.8 Å². The quantitative estimate of drug-likeness (QED) is 0.101. The van der Waals surface area contributed by atoms with Crippen LogP contribution in [0.3, 0.4) is 0 Å². The standard InChI is InChI=1S/C33H49BrN2O5/c1-5-8-10-23(21(4)29(31(39)41-7-3)24(18-34)11-9-6-2)16-28-27-19-35-13-12-26-17-33(26,27)32(40)36(28)20-22-14-25(15-22)30(37)38/h5,8,10,16,21-22,25-28,32,35,40H,1,6-7,9,11-15,17-20H2,2-4H3,(H,37,38). The van der Waals surface area contributed by atoms with Gasteiger partial charge in [-0.1, -0.05) is 67.1 Å². The fourth-order valence-corrected chi connectivity index (χ4v) is 8.35. The van der Waals surface area contributed by atoms with Crippen molar-refractivity contribution in [1.82, 2.24) is 10.2 Å². The molecule has 1 spiro atoms. The molecule has 0 amide bonds. The summed E-state index contributed by atoms with van der Waals surface area (Å²) in [4.78, 5) is 27.1. The number of alkyl halides is 1. The topological polar surface area (TPSA) is 99.1 Å². The lowest BCUT2D eigenvalue weighted by atomic mass is 9.74. The number of halogens is 1. The number of hydrogen-bond acceptors (Lipinski definition) is 6. The minimum atomic E-state index is -0.718. The smallest absolute Gasteiger partial charge is 0.334 e. The Morgan fingerprint density at radius 2 is 2.05 bits per heavy atom. The first-order valence-electron chi connectivity index (χ1n) is 15.6. The summed E-state index contributed by atoms with van der Waals surface area (Å²) in [6, 6.07) is -0.0251. The summed E-state index contributed by atoms with van der Waals surface area (Å²) < 4.78 is 5.58. The molecule has 0 aromatic rings. The van der Waals surface area contributed by atoms with Gasteiger partial charge in [-0.25, -0.2) is 4.79 Å². The molecule has 6 atom stereocenters. The second kappa shape index (κ2) is 14.2. The number of ether oxygens (including phenoxy) is 1. The molecule has 228 valence electrons. The van der Waals surface area contributed by atoms with Crippen molar-refractivity contribution >= 4 is 27.9 Å². The number of carboxylic acid groups (broad SMARTS) is 1. The van der Waals surface area contributed by atoms with E-state index in [0.717, 1.165) is 56.3 Å². The number of allylic oxidation sites excluding steroid dienone is 5. The zero-order valence-electron chi connectivity index (χ0n) is 25.0. The third-order valence-corrected chi connectivity index (χ3v) is 10.8. The first-order chi connectivity index (χ1) is 19.7. The van der Waals surface area contributed by atoms with Gasteiger partial charge >= 0.3 is 11.9 Å². The number of carboxylic acids is 1. The maximum atomic E-state index is 13.4. The van der Waals surface area contributed by atoms with Gasteiger partial charge in [0.05, 0.1) is 12.5 Å². The molecule has 7 nitrogen and oxygen atoms in total. The maximum Gasteiger partial charge on any atom is 0.334 e. The van der Waals surface area contributed by atoms with E-state index in [1.165, 1.54) is 0 Å². The monoisotopic (exact) mass is 632 g/mol. The molecule has 2 aliphatic carbocycles. The molecular formula is C33H49BrN2O5. The van der Waals surface area contributed by atoms with Crippen LogP contribution in [0.25, 0.3) is 0 Å². The number of nitrogens with zero attached hydrogens (tertiary/aromatic N) is 1. The number of aliphatic hydroxyl groups excluding tert-OH is 1. The number of nitrogens with one attached hydrogen (secondary N) is 1. The van der Waals surface area contributed by atoms with Gasteiger partial charge in [-0.3, -0.25) is 9.69 Å². The summed E-state index contributed by atoms with van der Waals surface area (Å²) in [6.07, 6.45) is 13.8. The molecule has 6 unspecified atom stereocenters. The number of likely N-dealkylation sites (tertiary alicyclic amines) is 1. The molecule has 8 heteroatoms. The van der Waals surface area contributed by atoms with E-state index < -0.39 is 12.2 Å². The highest BCUT2D eigenvalue weighted by molar-refractivity contribution is 9.09. The van der Waals surface area contributed by atoms with Crippen molar-refractivity contribution in [3.8, 4) is 0 Å². The van der Waals surface area contributed by atoms with Crippen LogP contribution >= 0.6 is 15.9 Å². The zero-order valence-corrected chi connectivity index (χ0v) is 26.6. The van der Waals surface area contributed by atoms with Crippen LogP contribution in [0, 0.1) is 35.0 Å². The summed E-state index contributed by atoms with van der Waals surface area (Å²) in [5, 5.41) is 25.6. The third-order valence-electron chi connectivity index (χ3n) is 10.2. The van der Waals surface area contributed by atoms with E-state index in [1.54, 1.807) is 6.08 Å². The average molecular weight is 634 g/mol. The van der Waals surface area contributed by atoms with Crippen molar-refractivity contribution in [2.24, 2.45) is 35.0 Å². The highest BCUT2D eigenvalue weighted by Gasteiger charge is 2.70. The number of hydrogen-bond donors (Lipinski definition) is 3. The number of unbranched alkanes of at least 4 members (excludes halogenated alkanes) is 1. The van der Waals surface area contributed by atoms with E-state index >= 15 is 0 Å². The van der Waals surface area contributed by atoms with Crippen LogP contribution in [-0.2, 0) is 14.3 Å². The van der Waals surface area contributed by atoms with Crippen molar-refractivity contribution in [3.05, 3.63) is 47.6 Å². The van der Waals surface area contributed by atoms with Crippen molar-refractivity contribution < 1.29 is 24.5 Å². The predicted molar refractivity (Wildman–Crippen MR) is 165 cm³/mol. The SMILES string of the molecule is C=CC=CC(=CC1C2CNCCC3CC32C(O)N1CC1CC(C(=O)O)C1)C(C)C(C(=O)OCC)=C(CBr)CCCC. The molecule has 4 aliphatic rings. The van der Waals surface area contributed by atoms with E-state index in [1.807, 2.05) is 13.0 Å². The van der Waals surface area contributed by atoms with Gasteiger partial charge < -0.3 is 20.3 Å². The second-order valence-electron chi connectivity index (χ2n) is 12.5. The van der Waals surface area contributed by atoms with Crippen molar-refractivity contribution in [2.45, 2.75) is 78.0 Å². The Morgan fingerprint density at radius 1 is 1.29 bits per heavy atom. The van der Waals surface area contributed by atoms with Crippen LogP contribution in [0.15, 0.2) is 47.6 Å². The van der Waals surface area contributed by atoms with Crippen LogP contribution in [-0.4, -0.2) is 70.9 Å². The van der Waals surface area contributed by atoms with Crippen LogP contribution in [0.5, 0.6) is 0 Å². The summed E-state index contributed by atoms with van der Waals surface area (Å²) >= 11 is 3.65. The predicted octanol–water partition coefficient (Wildman–Crippen LogP) is 5.47. The van der Waals surface area contributed by atoms with Gasteiger partial charge in [0.25, 0.3) is 0 Å². The van der Waals surface area contributed by atoms with E-state index in [2.05, 4.69) is 58.7 Å². The van der Waals surface area contributed by atoms with Crippen LogP contribution < -0.4 is 5.32 Å². The molecule has 0 bridgehead atoms. The molecule has 0 aromatic carbocycles. The normalized spacial score (nSPS) is 34.6. The van der Waals surface area contributed by atoms with E-state index in [0.29, 0.717) is 42.8 Å².